The summed E-state index contributed by atoms with van der Waals surface area (Å²) in [5.74, 6) is 0. The number of aromatic nitrogens is 1. The summed E-state index contributed by atoms with van der Waals surface area (Å²) in [6.07, 6.45) is -0.108. The minimum absolute atomic E-state index is 0.0365. The van der Waals surface area contributed by atoms with Crippen LogP contribution in [0.4, 0.5) is 18.9 Å². The van der Waals surface area contributed by atoms with Gasteiger partial charge in [0.1, 0.15) is 0 Å². The van der Waals surface area contributed by atoms with Gasteiger partial charge in [0.05, 0.1) is 5.56 Å². The van der Waals surface area contributed by atoms with Crippen LogP contribution >= 0.6 is 0 Å². The van der Waals surface area contributed by atoms with E-state index in [0.717, 1.165) is 31.4 Å². The Morgan fingerprint density at radius 1 is 1.18 bits per heavy atom. The number of hydrogen-bond acceptors (Lipinski definition) is 2. The van der Waals surface area contributed by atoms with Crippen LogP contribution in [-0.4, -0.2) is 18.1 Å². The van der Waals surface area contributed by atoms with E-state index in [9.17, 15) is 18.0 Å². The highest BCUT2D eigenvalue weighted by Crippen LogP contribution is 2.35. The summed E-state index contributed by atoms with van der Waals surface area (Å²) in [6.45, 7) is 0. The molecular formula is C16H17F3N2O. The van der Waals surface area contributed by atoms with E-state index >= 15 is 0 Å². The van der Waals surface area contributed by atoms with Crippen molar-refractivity contribution in [3.63, 3.8) is 0 Å². The number of halogens is 3. The first-order valence-corrected chi connectivity index (χ1v) is 7.33. The number of benzene rings is 1. The molecule has 0 spiro atoms. The number of H-pyrrole nitrogens is 1. The predicted molar refractivity (Wildman–Crippen MR) is 80.2 cm³/mol. The number of alkyl halides is 3. The maximum Gasteiger partial charge on any atom is 0.417 e. The van der Waals surface area contributed by atoms with Gasteiger partial charge in [-0.25, -0.2) is 0 Å². The van der Waals surface area contributed by atoms with Gasteiger partial charge < -0.3 is 9.88 Å². The lowest BCUT2D eigenvalue weighted by atomic mass is 10.1. The molecule has 1 N–H and O–H groups in total. The average molecular weight is 310 g/mol. The van der Waals surface area contributed by atoms with Gasteiger partial charge in [0, 0.05) is 35.7 Å². The smallest absolute Gasteiger partial charge is 0.372 e. The fraction of sp³-hybridized carbons (Fsp3) is 0.438. The first kappa shape index (κ1) is 14.9. The van der Waals surface area contributed by atoms with Crippen LogP contribution in [0.15, 0.2) is 29.1 Å². The number of hydrogen-bond donors (Lipinski definition) is 1. The molecule has 22 heavy (non-hydrogen) atoms. The average Bonchev–Trinajstić information content (AvgIpc) is 2.98. The standard InChI is InChI=1S/C16H17F3N2O/c1-21(10-4-2-3-5-10)11-6-7-14-12(8-11)13(16(17,18)19)9-15(22)20-14/h6-10H,2-5H2,1H3,(H,20,22). The fourth-order valence-electron chi connectivity index (χ4n) is 3.20. The van der Waals surface area contributed by atoms with E-state index in [-0.39, 0.29) is 10.9 Å². The Morgan fingerprint density at radius 2 is 1.86 bits per heavy atom. The molecule has 6 heteroatoms. The van der Waals surface area contributed by atoms with Crippen molar-refractivity contribution in [2.45, 2.75) is 37.9 Å². The van der Waals surface area contributed by atoms with Crippen LogP contribution < -0.4 is 10.5 Å². The summed E-state index contributed by atoms with van der Waals surface area (Å²) < 4.78 is 39.5. The van der Waals surface area contributed by atoms with Crippen molar-refractivity contribution in [1.29, 1.82) is 0 Å². The molecule has 3 nitrogen and oxygen atoms in total. The first-order valence-electron chi connectivity index (χ1n) is 7.33. The van der Waals surface area contributed by atoms with E-state index in [1.807, 2.05) is 11.9 Å². The lowest BCUT2D eigenvalue weighted by Crippen LogP contribution is -2.28. The zero-order chi connectivity index (χ0) is 15.9. The zero-order valence-corrected chi connectivity index (χ0v) is 12.2. The van der Waals surface area contributed by atoms with E-state index < -0.39 is 17.3 Å². The molecule has 0 bridgehead atoms. The van der Waals surface area contributed by atoms with Crippen LogP contribution in [-0.2, 0) is 6.18 Å². The van der Waals surface area contributed by atoms with Gasteiger partial charge in [-0.1, -0.05) is 12.8 Å². The molecule has 1 fully saturated rings. The molecule has 0 atom stereocenters. The molecule has 2 aromatic rings. The molecule has 1 heterocycles. The van der Waals surface area contributed by atoms with Crippen molar-refractivity contribution in [3.05, 3.63) is 40.2 Å². The number of nitrogens with one attached hydrogen (secondary N) is 1. The molecule has 3 rings (SSSR count). The van der Waals surface area contributed by atoms with E-state index in [4.69, 9.17) is 0 Å². The molecule has 118 valence electrons. The zero-order valence-electron chi connectivity index (χ0n) is 12.2. The number of anilines is 1. The second-order valence-electron chi connectivity index (χ2n) is 5.82. The van der Waals surface area contributed by atoms with Gasteiger partial charge >= 0.3 is 6.18 Å². The minimum Gasteiger partial charge on any atom is -0.372 e. The third-order valence-electron chi connectivity index (χ3n) is 4.41. The van der Waals surface area contributed by atoms with Gasteiger partial charge in [-0.2, -0.15) is 13.2 Å². The third-order valence-corrected chi connectivity index (χ3v) is 4.41. The molecule has 1 aliphatic rings. The highest BCUT2D eigenvalue weighted by Gasteiger charge is 2.33. The predicted octanol–water partition coefficient (Wildman–Crippen LogP) is 3.93. The molecule has 0 aliphatic heterocycles. The third kappa shape index (κ3) is 2.69. The summed E-state index contributed by atoms with van der Waals surface area (Å²) >= 11 is 0. The van der Waals surface area contributed by atoms with Gasteiger partial charge in [0.15, 0.2) is 0 Å². The van der Waals surface area contributed by atoms with Crippen molar-refractivity contribution in [1.82, 2.24) is 4.98 Å². The van der Waals surface area contributed by atoms with E-state index in [2.05, 4.69) is 4.98 Å². The molecule has 1 saturated carbocycles. The van der Waals surface area contributed by atoms with E-state index in [0.29, 0.717) is 12.1 Å². The minimum atomic E-state index is -4.54. The van der Waals surface area contributed by atoms with Crippen molar-refractivity contribution >= 4 is 16.6 Å². The normalized spacial score (nSPS) is 16.4. The Bertz CT molecular complexity index is 745. The number of pyridine rings is 1. The molecule has 0 saturated heterocycles. The van der Waals surface area contributed by atoms with Crippen LogP contribution in [0.5, 0.6) is 0 Å². The molecule has 0 radical (unpaired) electrons. The van der Waals surface area contributed by atoms with Crippen molar-refractivity contribution in [2.75, 3.05) is 11.9 Å². The van der Waals surface area contributed by atoms with Gasteiger partial charge in [0.25, 0.3) is 0 Å². The van der Waals surface area contributed by atoms with Gasteiger partial charge in [-0.15, -0.1) is 0 Å². The molecule has 1 aliphatic carbocycles. The summed E-state index contributed by atoms with van der Waals surface area (Å²) in [5, 5.41) is 0.0365. The Labute approximate surface area is 125 Å². The van der Waals surface area contributed by atoms with Gasteiger partial charge in [-0.05, 0) is 31.0 Å². The number of aromatic amines is 1. The number of fused-ring (bicyclic) bond motifs is 1. The molecule has 1 aromatic heterocycles. The SMILES string of the molecule is CN(c1ccc2[nH]c(=O)cc(C(F)(F)F)c2c1)C1CCCC1. The second-order valence-corrected chi connectivity index (χ2v) is 5.82. The van der Waals surface area contributed by atoms with Gasteiger partial charge in [-0.3, -0.25) is 4.79 Å². The molecular weight excluding hydrogens is 293 g/mol. The maximum absolute atomic E-state index is 13.2. The maximum atomic E-state index is 13.2. The van der Waals surface area contributed by atoms with Gasteiger partial charge in [0.2, 0.25) is 5.56 Å². The topological polar surface area (TPSA) is 36.1 Å². The first-order chi connectivity index (χ1) is 10.4. The monoisotopic (exact) mass is 310 g/mol. The number of nitrogens with zero attached hydrogens (tertiary/aromatic N) is 1. The Kier molecular flexibility index (Phi) is 3.62. The van der Waals surface area contributed by atoms with Crippen LogP contribution in [0.3, 0.4) is 0 Å². The summed E-state index contributed by atoms with van der Waals surface area (Å²) in [6, 6.07) is 5.83. The van der Waals surface area contributed by atoms with Crippen molar-refractivity contribution in [2.24, 2.45) is 0 Å². The lowest BCUT2D eigenvalue weighted by Gasteiger charge is -2.27. The Balaban J connectivity index is 2.12. The summed E-state index contributed by atoms with van der Waals surface area (Å²) in [4.78, 5) is 15.9. The van der Waals surface area contributed by atoms with Crippen LogP contribution in [0.1, 0.15) is 31.2 Å². The highest BCUT2D eigenvalue weighted by atomic mass is 19.4. The largest absolute Gasteiger partial charge is 0.417 e. The highest BCUT2D eigenvalue weighted by molar-refractivity contribution is 5.86. The van der Waals surface area contributed by atoms with Crippen molar-refractivity contribution in [3.8, 4) is 0 Å². The Hall–Kier alpha value is -1.98. The summed E-state index contributed by atoms with van der Waals surface area (Å²) in [7, 11) is 1.91. The quantitative estimate of drug-likeness (QED) is 0.912. The lowest BCUT2D eigenvalue weighted by molar-refractivity contribution is -0.136. The Morgan fingerprint density at radius 3 is 2.50 bits per heavy atom. The molecule has 1 aromatic carbocycles. The molecule has 0 amide bonds. The van der Waals surface area contributed by atoms with Crippen LogP contribution in [0.25, 0.3) is 10.9 Å². The van der Waals surface area contributed by atoms with E-state index in [1.54, 1.807) is 12.1 Å². The summed E-state index contributed by atoms with van der Waals surface area (Å²) in [5.41, 5.74) is -0.662. The van der Waals surface area contributed by atoms with Crippen LogP contribution in [0, 0.1) is 0 Å². The number of rotatable bonds is 2. The second kappa shape index (κ2) is 5.34. The van der Waals surface area contributed by atoms with Crippen LogP contribution in [0.2, 0.25) is 0 Å². The fourth-order valence-corrected chi connectivity index (χ4v) is 3.20. The van der Waals surface area contributed by atoms with Crippen molar-refractivity contribution < 1.29 is 13.2 Å². The molecule has 0 unspecified atom stereocenters. The van der Waals surface area contributed by atoms with E-state index in [1.165, 1.54) is 6.07 Å².